The van der Waals surface area contributed by atoms with Gasteiger partial charge in [-0.15, -0.1) is 10.2 Å². The van der Waals surface area contributed by atoms with Crippen molar-refractivity contribution in [2.24, 2.45) is 0 Å². The minimum Gasteiger partial charge on any atom is -0.395 e. The van der Waals surface area contributed by atoms with Gasteiger partial charge in [0.15, 0.2) is 10.3 Å². The van der Waals surface area contributed by atoms with Crippen LogP contribution in [0.3, 0.4) is 0 Å². The van der Waals surface area contributed by atoms with Crippen molar-refractivity contribution >= 4 is 28.9 Å². The molecule has 0 atom stereocenters. The van der Waals surface area contributed by atoms with Gasteiger partial charge in [0.2, 0.25) is 0 Å². The number of fused-ring (bicyclic) bond motifs is 1. The van der Waals surface area contributed by atoms with Crippen molar-refractivity contribution in [2.75, 3.05) is 24.6 Å². The summed E-state index contributed by atoms with van der Waals surface area (Å²) in [5.74, 6) is 0. The molecule has 1 aromatic heterocycles. The molecular formula is C9H11Cl2N3O. The highest BCUT2D eigenvalue weighted by atomic mass is 35.5. The molecule has 0 amide bonds. The zero-order valence-corrected chi connectivity index (χ0v) is 9.59. The number of aliphatic hydroxyl groups is 1. The second-order valence-corrected chi connectivity index (χ2v) is 4.14. The minimum atomic E-state index is 0.0930. The van der Waals surface area contributed by atoms with Crippen LogP contribution in [0.25, 0.3) is 0 Å². The number of β-amino-alcohol motifs (C(OH)–C–C–N with tert-alkyl or cyclic N) is 1. The first-order valence-corrected chi connectivity index (χ1v) is 5.56. The average Bonchev–Trinajstić information content (AvgIpc) is 2.24. The molecule has 0 unspecified atom stereocenters. The van der Waals surface area contributed by atoms with Crippen LogP contribution in [0.2, 0.25) is 10.3 Å². The summed E-state index contributed by atoms with van der Waals surface area (Å²) in [5, 5.41) is 17.3. The molecular weight excluding hydrogens is 237 g/mol. The summed E-state index contributed by atoms with van der Waals surface area (Å²) >= 11 is 11.9. The van der Waals surface area contributed by atoms with E-state index in [9.17, 15) is 0 Å². The molecule has 6 heteroatoms. The van der Waals surface area contributed by atoms with E-state index in [1.165, 1.54) is 0 Å². The molecule has 1 aromatic rings. The fraction of sp³-hybridized carbons (Fsp3) is 0.556. The fourth-order valence-corrected chi connectivity index (χ4v) is 2.36. The molecule has 0 spiro atoms. The van der Waals surface area contributed by atoms with Crippen molar-refractivity contribution in [1.29, 1.82) is 0 Å². The van der Waals surface area contributed by atoms with E-state index in [2.05, 4.69) is 10.2 Å². The van der Waals surface area contributed by atoms with Crippen molar-refractivity contribution in [2.45, 2.75) is 12.8 Å². The third-order valence-electron chi connectivity index (χ3n) is 2.50. The van der Waals surface area contributed by atoms with Crippen LogP contribution in [0.5, 0.6) is 0 Å². The van der Waals surface area contributed by atoms with Crippen molar-refractivity contribution in [1.82, 2.24) is 10.2 Å². The van der Waals surface area contributed by atoms with E-state index >= 15 is 0 Å². The third-order valence-corrected chi connectivity index (χ3v) is 3.06. The Hall–Kier alpha value is -0.580. The summed E-state index contributed by atoms with van der Waals surface area (Å²) in [6.07, 6.45) is 1.86. The number of rotatable bonds is 2. The summed E-state index contributed by atoms with van der Waals surface area (Å²) in [4.78, 5) is 2.00. The van der Waals surface area contributed by atoms with Gasteiger partial charge in [-0.25, -0.2) is 0 Å². The van der Waals surface area contributed by atoms with Crippen molar-refractivity contribution in [3.63, 3.8) is 0 Å². The molecule has 2 rings (SSSR count). The zero-order chi connectivity index (χ0) is 10.8. The van der Waals surface area contributed by atoms with Gasteiger partial charge in [0.1, 0.15) is 0 Å². The molecule has 0 aliphatic carbocycles. The first-order valence-electron chi connectivity index (χ1n) is 4.80. The maximum Gasteiger partial charge on any atom is 0.175 e. The summed E-state index contributed by atoms with van der Waals surface area (Å²) in [6.45, 7) is 1.51. The number of hydrogen-bond acceptors (Lipinski definition) is 4. The van der Waals surface area contributed by atoms with Crippen LogP contribution in [0, 0.1) is 0 Å². The van der Waals surface area contributed by atoms with Crippen LogP contribution in [0.4, 0.5) is 5.69 Å². The number of aromatic nitrogens is 2. The molecule has 4 nitrogen and oxygen atoms in total. The van der Waals surface area contributed by atoms with Crippen LogP contribution in [0.1, 0.15) is 12.0 Å². The average molecular weight is 248 g/mol. The van der Waals surface area contributed by atoms with Crippen molar-refractivity contribution < 1.29 is 5.11 Å². The summed E-state index contributed by atoms with van der Waals surface area (Å²) in [5.41, 5.74) is 1.77. The Morgan fingerprint density at radius 1 is 1.27 bits per heavy atom. The quantitative estimate of drug-likeness (QED) is 0.862. The summed E-state index contributed by atoms with van der Waals surface area (Å²) < 4.78 is 0. The maximum absolute atomic E-state index is 8.95. The molecule has 0 radical (unpaired) electrons. The highest BCUT2D eigenvalue weighted by molar-refractivity contribution is 6.34. The van der Waals surface area contributed by atoms with Crippen molar-refractivity contribution in [3.05, 3.63) is 15.9 Å². The second-order valence-electron chi connectivity index (χ2n) is 3.42. The Labute approximate surface area is 97.8 Å². The molecule has 0 aromatic carbocycles. The first-order chi connectivity index (χ1) is 7.24. The van der Waals surface area contributed by atoms with Gasteiger partial charge in [-0.05, 0) is 12.8 Å². The van der Waals surface area contributed by atoms with E-state index in [1.807, 2.05) is 4.90 Å². The normalized spacial score (nSPS) is 15.3. The molecule has 1 aliphatic rings. The number of nitrogens with zero attached hydrogens (tertiary/aromatic N) is 3. The third kappa shape index (κ3) is 2.02. The predicted molar refractivity (Wildman–Crippen MR) is 59.7 cm³/mol. The number of anilines is 1. The number of hydrogen-bond donors (Lipinski definition) is 1. The van der Waals surface area contributed by atoms with Crippen LogP contribution in [0.15, 0.2) is 0 Å². The Balaban J connectivity index is 2.45. The lowest BCUT2D eigenvalue weighted by atomic mass is 10.1. The Bertz CT molecular complexity index is 373. The SMILES string of the molecule is OCCN1CCCc2c(Cl)nnc(Cl)c21. The predicted octanol–water partition coefficient (Wildman–Crippen LogP) is 1.53. The lowest BCUT2D eigenvalue weighted by molar-refractivity contribution is 0.301. The van der Waals surface area contributed by atoms with Crippen LogP contribution >= 0.6 is 23.2 Å². The fourth-order valence-electron chi connectivity index (χ4n) is 1.86. The van der Waals surface area contributed by atoms with Gasteiger partial charge in [0.25, 0.3) is 0 Å². The largest absolute Gasteiger partial charge is 0.395 e. The van der Waals surface area contributed by atoms with E-state index in [1.54, 1.807) is 0 Å². The van der Waals surface area contributed by atoms with Gasteiger partial charge in [-0.1, -0.05) is 23.2 Å². The molecule has 0 saturated carbocycles. The molecule has 0 fully saturated rings. The van der Waals surface area contributed by atoms with Gasteiger partial charge in [-0.2, -0.15) is 0 Å². The molecule has 0 bridgehead atoms. The van der Waals surface area contributed by atoms with Gasteiger partial charge in [0, 0.05) is 18.7 Å². The summed E-state index contributed by atoms with van der Waals surface area (Å²) in [6, 6.07) is 0. The Morgan fingerprint density at radius 3 is 2.73 bits per heavy atom. The van der Waals surface area contributed by atoms with Crippen LogP contribution < -0.4 is 4.90 Å². The van der Waals surface area contributed by atoms with Crippen molar-refractivity contribution in [3.8, 4) is 0 Å². The number of aliphatic hydroxyl groups excluding tert-OH is 1. The number of halogens is 2. The second kappa shape index (κ2) is 4.51. The van der Waals surface area contributed by atoms with Crippen LogP contribution in [-0.4, -0.2) is 35.0 Å². The van der Waals surface area contributed by atoms with E-state index < -0.39 is 0 Å². The highest BCUT2D eigenvalue weighted by Gasteiger charge is 2.23. The van der Waals surface area contributed by atoms with Crippen LogP contribution in [-0.2, 0) is 6.42 Å². The minimum absolute atomic E-state index is 0.0930. The smallest absolute Gasteiger partial charge is 0.175 e. The molecule has 1 N–H and O–H groups in total. The standard InChI is InChI=1S/C9H11Cl2N3O/c10-8-6-2-1-3-14(4-5-15)7(6)9(11)13-12-8/h15H,1-5H2. The molecule has 1 aliphatic heterocycles. The first kappa shape index (κ1) is 10.9. The van der Waals surface area contributed by atoms with E-state index in [4.69, 9.17) is 28.3 Å². The lowest BCUT2D eigenvalue weighted by Crippen LogP contribution is -2.32. The monoisotopic (exact) mass is 247 g/mol. The molecule has 2 heterocycles. The van der Waals surface area contributed by atoms with Gasteiger partial charge in [-0.3, -0.25) is 0 Å². The van der Waals surface area contributed by atoms with E-state index in [-0.39, 0.29) is 6.61 Å². The Kier molecular flexibility index (Phi) is 3.29. The molecule has 0 saturated heterocycles. The Morgan fingerprint density at radius 2 is 2.00 bits per heavy atom. The molecule has 15 heavy (non-hydrogen) atoms. The zero-order valence-electron chi connectivity index (χ0n) is 8.08. The van der Waals surface area contributed by atoms with E-state index in [0.717, 1.165) is 30.6 Å². The van der Waals surface area contributed by atoms with E-state index in [0.29, 0.717) is 16.9 Å². The van der Waals surface area contributed by atoms with Gasteiger partial charge >= 0.3 is 0 Å². The van der Waals surface area contributed by atoms with Gasteiger partial charge in [0.05, 0.1) is 12.3 Å². The highest BCUT2D eigenvalue weighted by Crippen LogP contribution is 2.35. The topological polar surface area (TPSA) is 49.2 Å². The summed E-state index contributed by atoms with van der Waals surface area (Å²) in [7, 11) is 0. The van der Waals surface area contributed by atoms with Gasteiger partial charge < -0.3 is 10.0 Å². The lowest BCUT2D eigenvalue weighted by Gasteiger charge is -2.30. The molecule has 82 valence electrons. The maximum atomic E-state index is 8.95.